The standard InChI is InChI=1S/C20H25N3O2/c1-15-4-6-16(7-5-15)18(17-8-10-21-11-9-17)22-19(24)23(3)12-20(2)13-25-14-20/h4-11,18H,12-14H2,1-3H3,(H,22,24)/t18-/m1/s1. The van der Waals surface area contributed by atoms with Crippen molar-refractivity contribution in [2.45, 2.75) is 19.9 Å². The highest BCUT2D eigenvalue weighted by atomic mass is 16.5. The summed E-state index contributed by atoms with van der Waals surface area (Å²) < 4.78 is 5.28. The van der Waals surface area contributed by atoms with E-state index in [2.05, 4.69) is 48.4 Å². The molecule has 3 rings (SSSR count). The summed E-state index contributed by atoms with van der Waals surface area (Å²) in [7, 11) is 1.83. The van der Waals surface area contributed by atoms with Crippen molar-refractivity contribution in [3.05, 3.63) is 65.5 Å². The zero-order valence-corrected chi connectivity index (χ0v) is 15.0. The lowest BCUT2D eigenvalue weighted by Gasteiger charge is -2.41. The van der Waals surface area contributed by atoms with E-state index in [4.69, 9.17) is 4.74 Å². The third kappa shape index (κ3) is 4.17. The SMILES string of the molecule is Cc1ccc([C@@H](NC(=O)N(C)CC2(C)COC2)c2ccncc2)cc1. The summed E-state index contributed by atoms with van der Waals surface area (Å²) in [5.41, 5.74) is 3.32. The number of nitrogens with one attached hydrogen (secondary N) is 1. The van der Waals surface area contributed by atoms with Gasteiger partial charge < -0.3 is 15.0 Å². The van der Waals surface area contributed by atoms with Crippen LogP contribution in [0.25, 0.3) is 0 Å². The molecule has 5 heteroatoms. The number of aromatic nitrogens is 1. The van der Waals surface area contributed by atoms with E-state index in [1.807, 2.05) is 19.2 Å². The molecule has 2 heterocycles. The first kappa shape index (κ1) is 17.4. The summed E-state index contributed by atoms with van der Waals surface area (Å²) in [5, 5.41) is 3.16. The molecule has 1 N–H and O–H groups in total. The number of amides is 2. The second kappa shape index (κ2) is 7.23. The minimum Gasteiger partial charge on any atom is -0.380 e. The summed E-state index contributed by atoms with van der Waals surface area (Å²) in [6, 6.07) is 11.8. The van der Waals surface area contributed by atoms with Crippen molar-refractivity contribution in [1.82, 2.24) is 15.2 Å². The molecule has 0 radical (unpaired) electrons. The van der Waals surface area contributed by atoms with E-state index in [-0.39, 0.29) is 17.5 Å². The normalized spacial score (nSPS) is 16.6. The topological polar surface area (TPSA) is 54.5 Å². The second-order valence-corrected chi connectivity index (χ2v) is 7.23. The highest BCUT2D eigenvalue weighted by Crippen LogP contribution is 2.28. The molecule has 0 unspecified atom stereocenters. The average Bonchev–Trinajstić information content (AvgIpc) is 2.59. The molecule has 1 fully saturated rings. The van der Waals surface area contributed by atoms with Gasteiger partial charge in [0.1, 0.15) is 0 Å². The maximum Gasteiger partial charge on any atom is 0.317 e. The van der Waals surface area contributed by atoms with Crippen LogP contribution in [0.2, 0.25) is 0 Å². The maximum atomic E-state index is 12.7. The maximum absolute atomic E-state index is 12.7. The first-order valence-electron chi connectivity index (χ1n) is 8.53. The van der Waals surface area contributed by atoms with Crippen molar-refractivity contribution in [3.63, 3.8) is 0 Å². The average molecular weight is 339 g/mol. The van der Waals surface area contributed by atoms with Gasteiger partial charge in [0.2, 0.25) is 0 Å². The summed E-state index contributed by atoms with van der Waals surface area (Å²) in [6.07, 6.45) is 3.50. The van der Waals surface area contributed by atoms with E-state index in [0.29, 0.717) is 19.8 Å². The molecule has 0 spiro atoms. The molecule has 1 atom stereocenters. The Morgan fingerprint density at radius 3 is 2.36 bits per heavy atom. The van der Waals surface area contributed by atoms with Crippen LogP contribution in [0.15, 0.2) is 48.8 Å². The first-order valence-corrected chi connectivity index (χ1v) is 8.53. The van der Waals surface area contributed by atoms with Crippen LogP contribution in [0.3, 0.4) is 0 Å². The number of carbonyl (C=O) groups excluding carboxylic acids is 1. The number of hydrogen-bond acceptors (Lipinski definition) is 3. The van der Waals surface area contributed by atoms with E-state index in [1.54, 1.807) is 17.3 Å². The van der Waals surface area contributed by atoms with Crippen LogP contribution < -0.4 is 5.32 Å². The van der Waals surface area contributed by atoms with Gasteiger partial charge in [0.25, 0.3) is 0 Å². The van der Waals surface area contributed by atoms with Crippen LogP contribution in [0, 0.1) is 12.3 Å². The van der Waals surface area contributed by atoms with Crippen molar-refractivity contribution in [2.24, 2.45) is 5.41 Å². The number of benzene rings is 1. The number of urea groups is 1. The predicted octanol–water partition coefficient (Wildman–Crippen LogP) is 3.16. The van der Waals surface area contributed by atoms with Crippen LogP contribution >= 0.6 is 0 Å². The van der Waals surface area contributed by atoms with Gasteiger partial charge in [-0.05, 0) is 30.2 Å². The molecule has 2 amide bonds. The van der Waals surface area contributed by atoms with E-state index >= 15 is 0 Å². The summed E-state index contributed by atoms with van der Waals surface area (Å²) >= 11 is 0. The number of pyridine rings is 1. The van der Waals surface area contributed by atoms with E-state index < -0.39 is 0 Å². The quantitative estimate of drug-likeness (QED) is 0.910. The Morgan fingerprint density at radius 2 is 1.80 bits per heavy atom. The number of hydrogen-bond donors (Lipinski definition) is 1. The van der Waals surface area contributed by atoms with Gasteiger partial charge in [-0.25, -0.2) is 4.79 Å². The molecule has 1 saturated heterocycles. The van der Waals surface area contributed by atoms with Gasteiger partial charge in [-0.1, -0.05) is 36.8 Å². The third-order valence-electron chi connectivity index (χ3n) is 4.58. The van der Waals surface area contributed by atoms with Gasteiger partial charge in [-0.2, -0.15) is 0 Å². The third-order valence-corrected chi connectivity index (χ3v) is 4.58. The molecule has 25 heavy (non-hydrogen) atoms. The molecular formula is C20H25N3O2. The Hall–Kier alpha value is -2.40. The lowest BCUT2D eigenvalue weighted by molar-refractivity contribution is -0.108. The van der Waals surface area contributed by atoms with Gasteiger partial charge in [0.05, 0.1) is 19.3 Å². The fourth-order valence-corrected chi connectivity index (χ4v) is 3.09. The Balaban J connectivity index is 1.77. The highest BCUT2D eigenvalue weighted by Gasteiger charge is 2.35. The number of nitrogens with zero attached hydrogens (tertiary/aromatic N) is 2. The van der Waals surface area contributed by atoms with E-state index in [1.165, 1.54) is 5.56 Å². The molecule has 1 aliphatic rings. The van der Waals surface area contributed by atoms with Gasteiger partial charge >= 0.3 is 6.03 Å². The van der Waals surface area contributed by atoms with Gasteiger partial charge in [-0.15, -0.1) is 0 Å². The van der Waals surface area contributed by atoms with E-state index in [9.17, 15) is 4.79 Å². The van der Waals surface area contributed by atoms with E-state index in [0.717, 1.165) is 11.1 Å². The van der Waals surface area contributed by atoms with Crippen LogP contribution in [0.4, 0.5) is 4.79 Å². The van der Waals surface area contributed by atoms with Crippen molar-refractivity contribution >= 4 is 6.03 Å². The smallest absolute Gasteiger partial charge is 0.317 e. The molecule has 0 aliphatic carbocycles. The zero-order valence-electron chi connectivity index (χ0n) is 15.0. The Kier molecular flexibility index (Phi) is 5.04. The molecule has 1 aromatic carbocycles. The molecule has 2 aromatic rings. The minimum absolute atomic E-state index is 0.0577. The van der Waals surface area contributed by atoms with Gasteiger partial charge in [0, 0.05) is 31.4 Å². The largest absolute Gasteiger partial charge is 0.380 e. The predicted molar refractivity (Wildman–Crippen MR) is 97.3 cm³/mol. The van der Waals surface area contributed by atoms with Crippen LogP contribution in [-0.2, 0) is 4.74 Å². The zero-order chi connectivity index (χ0) is 17.9. The molecule has 1 aliphatic heterocycles. The van der Waals surface area contributed by atoms with Crippen LogP contribution in [0.5, 0.6) is 0 Å². The van der Waals surface area contributed by atoms with Gasteiger partial charge in [-0.3, -0.25) is 4.98 Å². The molecular weight excluding hydrogens is 314 g/mol. The van der Waals surface area contributed by atoms with Gasteiger partial charge in [0.15, 0.2) is 0 Å². The second-order valence-electron chi connectivity index (χ2n) is 7.23. The van der Waals surface area contributed by atoms with Crippen molar-refractivity contribution in [2.75, 3.05) is 26.8 Å². The summed E-state index contributed by atoms with van der Waals surface area (Å²) in [6.45, 7) is 6.28. The van der Waals surface area contributed by atoms with Crippen molar-refractivity contribution < 1.29 is 9.53 Å². The molecule has 5 nitrogen and oxygen atoms in total. The Labute approximate surface area is 149 Å². The fraction of sp³-hybridized carbons (Fsp3) is 0.400. The van der Waals surface area contributed by atoms with Crippen LogP contribution in [0.1, 0.15) is 29.7 Å². The first-order chi connectivity index (χ1) is 12.0. The lowest BCUT2D eigenvalue weighted by Crippen LogP contribution is -2.51. The van der Waals surface area contributed by atoms with Crippen molar-refractivity contribution in [1.29, 1.82) is 0 Å². The monoisotopic (exact) mass is 339 g/mol. The highest BCUT2D eigenvalue weighted by molar-refractivity contribution is 5.75. The fourth-order valence-electron chi connectivity index (χ4n) is 3.09. The summed E-state index contributed by atoms with van der Waals surface area (Å²) in [5.74, 6) is 0. The summed E-state index contributed by atoms with van der Waals surface area (Å²) in [4.78, 5) is 18.6. The number of carbonyl (C=O) groups is 1. The molecule has 132 valence electrons. The molecule has 0 saturated carbocycles. The van der Waals surface area contributed by atoms with Crippen LogP contribution in [-0.4, -0.2) is 42.7 Å². The minimum atomic E-state index is -0.205. The lowest BCUT2D eigenvalue weighted by atomic mass is 9.88. The Morgan fingerprint density at radius 1 is 1.20 bits per heavy atom. The number of ether oxygens (including phenoxy) is 1. The number of aryl methyl sites for hydroxylation is 1. The Bertz CT molecular complexity index is 711. The number of rotatable bonds is 5. The molecule has 1 aromatic heterocycles. The molecule has 0 bridgehead atoms. The van der Waals surface area contributed by atoms with Crippen molar-refractivity contribution in [3.8, 4) is 0 Å².